The topological polar surface area (TPSA) is 55.4 Å². The van der Waals surface area contributed by atoms with Gasteiger partial charge in [-0.05, 0) is 23.6 Å². The molecule has 4 nitrogen and oxygen atoms in total. The Kier molecular flexibility index (Phi) is 6.58. The molecule has 3 rings (SSSR count). The molecule has 0 bridgehead atoms. The van der Waals surface area contributed by atoms with Crippen molar-refractivity contribution in [1.82, 2.24) is 5.32 Å². The van der Waals surface area contributed by atoms with Crippen LogP contribution in [-0.4, -0.2) is 18.0 Å². The Morgan fingerprint density at radius 3 is 1.75 bits per heavy atom. The molecule has 1 amide bonds. The number of rotatable bonds is 7. The molecule has 0 aliphatic carbocycles. The predicted octanol–water partition coefficient (Wildman–Crippen LogP) is 4.07. The number of nitrogens with one attached hydrogen (secondary N) is 1. The average molecular weight is 373 g/mol. The van der Waals surface area contributed by atoms with Crippen molar-refractivity contribution in [3.63, 3.8) is 0 Å². The first kappa shape index (κ1) is 19.4. The molecule has 3 aromatic carbocycles. The highest BCUT2D eigenvalue weighted by Gasteiger charge is 2.27. The van der Waals surface area contributed by atoms with Gasteiger partial charge in [-0.25, -0.2) is 0 Å². The Morgan fingerprint density at radius 1 is 0.786 bits per heavy atom. The third-order valence-corrected chi connectivity index (χ3v) is 4.47. The first-order valence-corrected chi connectivity index (χ1v) is 9.27. The van der Waals surface area contributed by atoms with Gasteiger partial charge in [-0.2, -0.15) is 0 Å². The van der Waals surface area contributed by atoms with E-state index in [0.717, 1.165) is 16.7 Å². The number of ether oxygens (including phenoxy) is 1. The number of esters is 1. The van der Waals surface area contributed by atoms with E-state index in [1.165, 1.54) is 0 Å². The third kappa shape index (κ3) is 5.07. The zero-order chi connectivity index (χ0) is 19.8. The summed E-state index contributed by atoms with van der Waals surface area (Å²) in [5.74, 6) is -1.34. The molecule has 3 aromatic rings. The van der Waals surface area contributed by atoms with E-state index in [1.54, 1.807) is 6.92 Å². The number of hydrogen-bond acceptors (Lipinski definition) is 3. The Hall–Kier alpha value is -3.40. The maximum atomic E-state index is 12.9. The van der Waals surface area contributed by atoms with Crippen molar-refractivity contribution in [2.24, 2.45) is 0 Å². The molecule has 0 radical (unpaired) electrons. The van der Waals surface area contributed by atoms with Crippen LogP contribution < -0.4 is 5.32 Å². The van der Waals surface area contributed by atoms with Gasteiger partial charge in [-0.1, -0.05) is 91.0 Å². The zero-order valence-corrected chi connectivity index (χ0v) is 15.7. The van der Waals surface area contributed by atoms with E-state index >= 15 is 0 Å². The van der Waals surface area contributed by atoms with Crippen LogP contribution >= 0.6 is 0 Å². The fourth-order valence-electron chi connectivity index (χ4n) is 2.98. The second-order valence-electron chi connectivity index (χ2n) is 6.54. The van der Waals surface area contributed by atoms with Crippen LogP contribution in [0.1, 0.15) is 29.5 Å². The number of carbonyl (C=O) groups excluding carboxylic acids is 2. The summed E-state index contributed by atoms with van der Waals surface area (Å²) < 4.78 is 5.52. The molecular weight excluding hydrogens is 350 g/mol. The van der Waals surface area contributed by atoms with Gasteiger partial charge in [0.1, 0.15) is 5.92 Å². The summed E-state index contributed by atoms with van der Waals surface area (Å²) >= 11 is 0. The Balaban J connectivity index is 1.68. The Bertz CT molecular complexity index is 855. The normalized spacial score (nSPS) is 11.6. The molecule has 0 aliphatic heterocycles. The SMILES string of the molecule is C[C@@H](OC(=O)C(c1ccccc1)c1ccccc1)C(=O)NCc1ccccc1. The van der Waals surface area contributed by atoms with Gasteiger partial charge in [0.25, 0.3) is 5.91 Å². The number of hydrogen-bond donors (Lipinski definition) is 1. The van der Waals surface area contributed by atoms with Crippen molar-refractivity contribution in [1.29, 1.82) is 0 Å². The third-order valence-electron chi connectivity index (χ3n) is 4.47. The van der Waals surface area contributed by atoms with Crippen molar-refractivity contribution < 1.29 is 14.3 Å². The maximum absolute atomic E-state index is 12.9. The van der Waals surface area contributed by atoms with Gasteiger partial charge >= 0.3 is 5.97 Å². The molecule has 142 valence electrons. The van der Waals surface area contributed by atoms with Crippen LogP contribution in [0.15, 0.2) is 91.0 Å². The smallest absolute Gasteiger partial charge is 0.318 e. The van der Waals surface area contributed by atoms with Gasteiger partial charge in [-0.3, -0.25) is 9.59 Å². The van der Waals surface area contributed by atoms with Crippen molar-refractivity contribution in [2.75, 3.05) is 0 Å². The highest BCUT2D eigenvalue weighted by molar-refractivity contribution is 5.87. The first-order valence-electron chi connectivity index (χ1n) is 9.27. The molecule has 0 fully saturated rings. The van der Waals surface area contributed by atoms with Crippen LogP contribution in [0.25, 0.3) is 0 Å². The minimum atomic E-state index is -0.883. The molecule has 4 heteroatoms. The zero-order valence-electron chi connectivity index (χ0n) is 15.7. The summed E-state index contributed by atoms with van der Waals surface area (Å²) in [6, 6.07) is 28.5. The van der Waals surface area contributed by atoms with Crippen LogP contribution in [0.3, 0.4) is 0 Å². The number of carbonyl (C=O) groups is 2. The predicted molar refractivity (Wildman–Crippen MR) is 109 cm³/mol. The van der Waals surface area contributed by atoms with Gasteiger partial charge < -0.3 is 10.1 Å². The lowest BCUT2D eigenvalue weighted by atomic mass is 9.91. The molecule has 0 aromatic heterocycles. The van der Waals surface area contributed by atoms with Gasteiger partial charge in [-0.15, -0.1) is 0 Å². The van der Waals surface area contributed by atoms with Crippen molar-refractivity contribution in [3.8, 4) is 0 Å². The first-order chi connectivity index (χ1) is 13.6. The van der Waals surface area contributed by atoms with E-state index in [9.17, 15) is 9.59 Å². The molecule has 0 heterocycles. The molecule has 0 saturated carbocycles. The van der Waals surface area contributed by atoms with Crippen molar-refractivity contribution in [2.45, 2.75) is 25.5 Å². The van der Waals surface area contributed by atoms with E-state index in [2.05, 4.69) is 5.32 Å². The summed E-state index contributed by atoms with van der Waals surface area (Å²) in [4.78, 5) is 25.3. The quantitative estimate of drug-likeness (QED) is 0.635. The minimum Gasteiger partial charge on any atom is -0.452 e. The molecule has 0 unspecified atom stereocenters. The second-order valence-corrected chi connectivity index (χ2v) is 6.54. The lowest BCUT2D eigenvalue weighted by Crippen LogP contribution is -2.36. The van der Waals surface area contributed by atoms with E-state index in [1.807, 2.05) is 91.0 Å². The van der Waals surface area contributed by atoms with Crippen molar-refractivity contribution in [3.05, 3.63) is 108 Å². The van der Waals surface area contributed by atoms with Gasteiger partial charge in [0.15, 0.2) is 6.10 Å². The van der Waals surface area contributed by atoms with E-state index < -0.39 is 18.0 Å². The molecule has 28 heavy (non-hydrogen) atoms. The van der Waals surface area contributed by atoms with E-state index in [4.69, 9.17) is 4.74 Å². The molecule has 1 N–H and O–H groups in total. The molecule has 0 saturated heterocycles. The summed E-state index contributed by atoms with van der Waals surface area (Å²) in [6.07, 6.45) is -0.883. The number of benzene rings is 3. The van der Waals surface area contributed by atoms with Gasteiger partial charge in [0.2, 0.25) is 0 Å². The van der Waals surface area contributed by atoms with Crippen molar-refractivity contribution >= 4 is 11.9 Å². The molecular formula is C24H23NO3. The van der Waals surface area contributed by atoms with Crippen LogP contribution in [0.5, 0.6) is 0 Å². The lowest BCUT2D eigenvalue weighted by Gasteiger charge is -2.20. The fourth-order valence-corrected chi connectivity index (χ4v) is 2.98. The number of amides is 1. The van der Waals surface area contributed by atoms with Gasteiger partial charge in [0, 0.05) is 6.54 Å². The average Bonchev–Trinajstić information content (AvgIpc) is 2.74. The standard InChI is InChI=1S/C24H23NO3/c1-18(23(26)25-17-19-11-5-2-6-12-19)28-24(27)22(20-13-7-3-8-14-20)21-15-9-4-10-16-21/h2-16,18,22H,17H2,1H3,(H,25,26)/t18-/m1/s1. The Morgan fingerprint density at radius 2 is 1.25 bits per heavy atom. The summed E-state index contributed by atoms with van der Waals surface area (Å²) in [7, 11) is 0. The highest BCUT2D eigenvalue weighted by atomic mass is 16.5. The fraction of sp³-hybridized carbons (Fsp3) is 0.167. The highest BCUT2D eigenvalue weighted by Crippen LogP contribution is 2.26. The maximum Gasteiger partial charge on any atom is 0.318 e. The largest absolute Gasteiger partial charge is 0.452 e. The summed E-state index contributed by atoms with van der Waals surface area (Å²) in [6.45, 7) is 1.98. The monoisotopic (exact) mass is 373 g/mol. The molecule has 0 aliphatic rings. The van der Waals surface area contributed by atoms with Crippen LogP contribution in [0.4, 0.5) is 0 Å². The van der Waals surface area contributed by atoms with Crippen LogP contribution in [-0.2, 0) is 20.9 Å². The van der Waals surface area contributed by atoms with E-state index in [0.29, 0.717) is 6.54 Å². The van der Waals surface area contributed by atoms with Crippen LogP contribution in [0, 0.1) is 0 Å². The minimum absolute atomic E-state index is 0.322. The van der Waals surface area contributed by atoms with Gasteiger partial charge in [0.05, 0.1) is 0 Å². The molecule has 1 atom stereocenters. The van der Waals surface area contributed by atoms with E-state index in [-0.39, 0.29) is 5.91 Å². The summed E-state index contributed by atoms with van der Waals surface area (Å²) in [5, 5.41) is 2.81. The Labute approximate surface area is 165 Å². The second kappa shape index (κ2) is 9.51. The van der Waals surface area contributed by atoms with Crippen LogP contribution in [0.2, 0.25) is 0 Å². The summed E-state index contributed by atoms with van der Waals surface area (Å²) in [5.41, 5.74) is 2.65. The lowest BCUT2D eigenvalue weighted by molar-refractivity contribution is -0.155. The molecule has 0 spiro atoms.